The quantitative estimate of drug-likeness (QED) is 0.0499. The van der Waals surface area contributed by atoms with Crippen LogP contribution in [-0.2, 0) is 26.5 Å². The Morgan fingerprint density at radius 2 is 1.12 bits per heavy atom. The standard InChI is InChI=1S/C85H66N4OSi.Pt/c1-58-27-24-28-59(2)83(58)64-45-48-78-80(52-64)87(67-35-26-36-68(54-67)90-69-46-47-74-73-43-22-23-44-77(73)89(79(74)55-69)82-49-60(3)76(56-86-82)62-31-14-8-15-32-62)57-88(78)84-75(63-33-25-34-66(50-63)85(4,5)6)51-65(61-29-12-7-13-30-61)53-81(84)91(70-37-16-9-17-38-70,71-39-18-10-19-40-71)72-41-20-11-21-42-72;/h7-53,56H,1-6H3;/q-2;/i1D3,2D3,3D3,7D,8D,9D,10D,11D,12D,13D,14D,15D,16D,17D,18D,19D,20D,21D,29D,30D,31D,32D,37D,38D,39D,40D,41D,42D;. The van der Waals surface area contributed by atoms with Crippen LogP contribution in [0.4, 0.5) is 0 Å². The first kappa shape index (κ1) is 32.2. The van der Waals surface area contributed by atoms with Gasteiger partial charge in [0.2, 0.25) is 0 Å². The van der Waals surface area contributed by atoms with Gasteiger partial charge in [-0.05, 0) is 143 Å². The van der Waals surface area contributed by atoms with Gasteiger partial charge in [0, 0.05) is 62.2 Å². The largest absolute Gasteiger partial charge is 0.510 e. The Balaban J connectivity index is 0.0000129. The van der Waals surface area contributed by atoms with Crippen molar-refractivity contribution in [2.45, 2.75) is 46.7 Å². The molecule has 0 amide bonds. The van der Waals surface area contributed by atoms with E-state index in [9.17, 15) is 21.9 Å². The number of benzene rings is 12. The van der Waals surface area contributed by atoms with E-state index < -0.39 is 245 Å². The van der Waals surface area contributed by atoms with Crippen molar-refractivity contribution in [3.05, 3.63) is 331 Å². The monoisotopic (exact) mass is 1420 g/mol. The van der Waals surface area contributed by atoms with E-state index in [0.717, 1.165) is 12.3 Å². The summed E-state index contributed by atoms with van der Waals surface area (Å²) in [6, 6.07) is 14.5. The van der Waals surface area contributed by atoms with E-state index in [1.165, 1.54) is 75.9 Å². The third kappa shape index (κ3) is 10.6. The summed E-state index contributed by atoms with van der Waals surface area (Å²) in [7, 11) is -6.55. The Morgan fingerprint density at radius 1 is 0.500 bits per heavy atom. The molecular formula is C85H66N4OPtSi-2. The van der Waals surface area contributed by atoms with E-state index >= 15 is 0 Å². The molecule has 0 radical (unpaired) electrons. The Morgan fingerprint density at radius 3 is 1.78 bits per heavy atom. The number of fused-ring (bicyclic) bond motifs is 4. The molecule has 7 heteroatoms. The zero-order chi connectivity index (χ0) is 91.1. The van der Waals surface area contributed by atoms with E-state index in [-0.39, 0.29) is 88.4 Å². The number of rotatable bonds is 13. The van der Waals surface area contributed by atoms with Gasteiger partial charge in [0.05, 0.1) is 51.0 Å². The molecule has 92 heavy (non-hydrogen) atoms. The third-order valence-corrected chi connectivity index (χ3v) is 20.0. The van der Waals surface area contributed by atoms with Crippen LogP contribution in [-0.4, -0.2) is 22.2 Å². The van der Waals surface area contributed by atoms with Crippen LogP contribution >= 0.6 is 0 Å². The van der Waals surface area contributed by atoms with Crippen LogP contribution in [0.25, 0.3) is 94.5 Å². The Kier molecular flexibility index (Phi) is 8.57. The average molecular weight is 1420 g/mol. The smallest absolute Gasteiger partial charge is 0.268 e. The van der Waals surface area contributed by atoms with Gasteiger partial charge in [0.1, 0.15) is 5.82 Å². The molecule has 12 aromatic carbocycles. The number of para-hydroxylation sites is 1. The van der Waals surface area contributed by atoms with Gasteiger partial charge in [-0.25, -0.2) is 4.98 Å². The summed E-state index contributed by atoms with van der Waals surface area (Å²) in [5.41, 5.74) is -3.44. The second-order valence-corrected chi connectivity index (χ2v) is 25.8. The second kappa shape index (κ2) is 24.5. The maximum Gasteiger partial charge on any atom is 0.268 e. The summed E-state index contributed by atoms with van der Waals surface area (Å²) >= 11 is 0. The number of nitrogens with zero attached hydrogens (tertiary/aromatic N) is 4. The number of imidazole rings is 1. The molecule has 15 aromatic rings. The summed E-state index contributed by atoms with van der Waals surface area (Å²) in [5.74, 6) is -0.151. The Labute approximate surface area is 602 Å². The van der Waals surface area contributed by atoms with Gasteiger partial charge in [-0.1, -0.05) is 256 Å². The van der Waals surface area contributed by atoms with Gasteiger partial charge in [-0.2, -0.15) is 18.2 Å². The van der Waals surface area contributed by atoms with E-state index in [0.29, 0.717) is 21.9 Å². The van der Waals surface area contributed by atoms with Crippen molar-refractivity contribution < 1.29 is 77.0 Å². The van der Waals surface area contributed by atoms with Crippen LogP contribution in [0.3, 0.4) is 0 Å². The maximum atomic E-state index is 10.3. The number of hydrogen-bond donors (Lipinski definition) is 0. The second-order valence-electron chi connectivity index (χ2n) is 22.2. The Hall–Kier alpha value is -10.2. The number of hydrogen-bond acceptors (Lipinski definition) is 2. The summed E-state index contributed by atoms with van der Waals surface area (Å²) in [5, 5.41) is -2.45. The molecule has 0 aliphatic rings. The van der Waals surface area contributed by atoms with Crippen molar-refractivity contribution in [1.29, 1.82) is 0 Å². The summed E-state index contributed by atoms with van der Waals surface area (Å²) < 4.78 is 327. The van der Waals surface area contributed by atoms with Crippen LogP contribution in [0.5, 0.6) is 11.5 Å². The van der Waals surface area contributed by atoms with Crippen molar-refractivity contribution in [3.8, 4) is 73.2 Å². The minimum absolute atomic E-state index is 0. The molecule has 0 saturated heterocycles. The summed E-state index contributed by atoms with van der Waals surface area (Å²) in [6.07, 6.45) is 4.51. The van der Waals surface area contributed by atoms with Crippen LogP contribution in [0.1, 0.15) is 89.6 Å². The number of aromatic nitrogens is 4. The van der Waals surface area contributed by atoms with Crippen LogP contribution in [0.15, 0.2) is 291 Å². The molecule has 3 aromatic heterocycles. The first-order valence-electron chi connectivity index (χ1n) is 45.5. The molecule has 448 valence electrons. The van der Waals surface area contributed by atoms with Crippen molar-refractivity contribution in [1.82, 2.24) is 14.1 Å². The normalized spacial score (nSPS) is 17.4. The minimum Gasteiger partial charge on any atom is -0.510 e. The van der Waals surface area contributed by atoms with Gasteiger partial charge < -0.3 is 13.9 Å². The predicted molar refractivity (Wildman–Crippen MR) is 378 cm³/mol. The first-order chi connectivity index (χ1) is 58.5. The van der Waals surface area contributed by atoms with Gasteiger partial charge in [0.15, 0.2) is 8.07 Å². The minimum atomic E-state index is -6.55. The Bertz CT molecular complexity index is 6830. The van der Waals surface area contributed by atoms with Crippen molar-refractivity contribution in [3.63, 3.8) is 0 Å². The fourth-order valence-electron chi connectivity index (χ4n) is 11.7. The summed E-state index contributed by atoms with van der Waals surface area (Å²) in [4.78, 5) is 4.69. The van der Waals surface area contributed by atoms with Crippen LogP contribution in [0, 0.1) is 39.0 Å². The van der Waals surface area contributed by atoms with Gasteiger partial charge in [0.25, 0.3) is 6.33 Å². The van der Waals surface area contributed by atoms with Gasteiger partial charge in [-0.15, -0.1) is 29.7 Å². The van der Waals surface area contributed by atoms with Crippen molar-refractivity contribution in [2.24, 2.45) is 0 Å². The van der Waals surface area contributed by atoms with E-state index in [2.05, 4.69) is 23.4 Å². The molecule has 3 heterocycles. The fraction of sp³-hybridized carbons (Fsp3) is 0.0824. The molecule has 0 spiro atoms. The molecule has 0 fully saturated rings. The first-order valence-corrected chi connectivity index (χ1v) is 30.5. The molecule has 0 aliphatic heterocycles. The molecule has 0 atom stereocenters. The molecule has 0 N–H and O–H groups in total. The van der Waals surface area contributed by atoms with Gasteiger partial charge >= 0.3 is 0 Å². The average Bonchev–Trinajstić information content (AvgIpc) is 0.860. The van der Waals surface area contributed by atoms with Crippen LogP contribution < -0.4 is 30.1 Å². The molecule has 0 unspecified atom stereocenters. The SMILES string of the molecule is [2H]c1c([2H])c([2H])c(-c2cc(-c3cccc(C(C)(C)C)c3)c(-[n+]3[c-]n(-c4[c-]c(Oc5[c-]c6c(cc5)c5ccccc5n6-c5cc(C([2H])([2H])[2H])c(-c6c([2H])c([2H])c([2H])c([2H])c6[2H])cn5)ccc4)c4cc(-c5c(C([2H])([2H])[2H])cccc5C([2H])([2H])[2H])ccc43)c([Si](c3c([2H])c([2H])c([2H])c([2H])c3[2H])(c3c([2H])c([2H])c([2H])c([2H])c3[2H])c3c([2H])c([2H])c([2H])c([2H])c3[2H])c2)c([2H])c1[2H].[Pt]. The van der Waals surface area contributed by atoms with Crippen LogP contribution in [0.2, 0.25) is 0 Å². The van der Waals surface area contributed by atoms with Crippen molar-refractivity contribution in [2.75, 3.05) is 0 Å². The molecule has 0 aliphatic carbocycles. The maximum absolute atomic E-state index is 10.3. The third-order valence-electron chi connectivity index (χ3n) is 15.9. The molecule has 5 nitrogen and oxygen atoms in total. The number of aryl methyl sites for hydroxylation is 3. The fourth-order valence-corrected chi connectivity index (χ4v) is 15.7. The number of pyridine rings is 1. The zero-order valence-corrected chi connectivity index (χ0v) is 52.1. The number of ether oxygens (including phenoxy) is 1. The van der Waals surface area contributed by atoms with Gasteiger partial charge in [-0.3, -0.25) is 4.57 Å². The zero-order valence-electron chi connectivity index (χ0n) is 82.8. The van der Waals surface area contributed by atoms with E-state index in [4.69, 9.17) is 29.4 Å². The van der Waals surface area contributed by atoms with E-state index in [1.54, 1.807) is 65.2 Å². The topological polar surface area (TPSA) is 35.9 Å². The molecule has 15 rings (SSSR count). The summed E-state index contributed by atoms with van der Waals surface area (Å²) in [6.45, 7) is -3.43. The van der Waals surface area contributed by atoms with Crippen molar-refractivity contribution >= 4 is 61.7 Å². The molecule has 0 saturated carbocycles. The predicted octanol–water partition coefficient (Wildman–Crippen LogP) is 17.9. The molecule has 0 bridgehead atoms. The molecular weight excluding hydrogens is 1320 g/mol. The van der Waals surface area contributed by atoms with E-state index in [1.807, 2.05) is 20.8 Å².